The summed E-state index contributed by atoms with van der Waals surface area (Å²) in [6, 6.07) is 10.4. The number of benzene rings is 1. The Bertz CT molecular complexity index is 987. The van der Waals surface area contributed by atoms with Crippen molar-refractivity contribution in [3.63, 3.8) is 0 Å². The summed E-state index contributed by atoms with van der Waals surface area (Å²) in [7, 11) is 0. The number of aromatic nitrogens is 3. The fraction of sp³-hybridized carbons (Fsp3) is 0.333. The van der Waals surface area contributed by atoms with E-state index in [2.05, 4.69) is 59.7 Å². The second kappa shape index (κ2) is 7.80. The molecule has 1 saturated heterocycles. The lowest BCUT2D eigenvalue weighted by atomic mass is 9.88. The molecular weight excluding hydrogens is 356 g/mol. The van der Waals surface area contributed by atoms with Gasteiger partial charge in [-0.05, 0) is 11.6 Å². The number of fused-ring (bicyclic) bond motifs is 1. The van der Waals surface area contributed by atoms with E-state index < -0.39 is 0 Å². The van der Waals surface area contributed by atoms with Crippen molar-refractivity contribution in [1.82, 2.24) is 19.7 Å². The highest BCUT2D eigenvalue weighted by molar-refractivity contribution is 5.79. The number of carbonyl (C=O) groups excluding carboxylic acids is 1. The molecule has 0 aliphatic carbocycles. The molecule has 1 atom stereocenters. The summed E-state index contributed by atoms with van der Waals surface area (Å²) in [5.41, 5.74) is 4.36. The first-order chi connectivity index (χ1) is 13.3. The van der Waals surface area contributed by atoms with Gasteiger partial charge in [0.2, 0.25) is 11.7 Å². The number of hydrogen-bond acceptors (Lipinski definition) is 4. The highest BCUT2D eigenvalue weighted by atomic mass is 16.3. The number of hydrogen-bond donors (Lipinski definition) is 2. The molecule has 1 aliphatic heterocycles. The van der Waals surface area contributed by atoms with E-state index in [9.17, 15) is 4.79 Å². The zero-order valence-electron chi connectivity index (χ0n) is 16.2. The molecule has 0 radical (unpaired) electrons. The fourth-order valence-corrected chi connectivity index (χ4v) is 3.44. The van der Waals surface area contributed by atoms with Gasteiger partial charge in [0.15, 0.2) is 0 Å². The molecule has 1 fully saturated rings. The first kappa shape index (κ1) is 19.5. The van der Waals surface area contributed by atoms with Gasteiger partial charge in [0, 0.05) is 42.3 Å². The average molecular weight is 380 g/mol. The predicted octanol–water partition coefficient (Wildman–Crippen LogP) is 3.00. The molecule has 4 rings (SSSR count). The lowest BCUT2D eigenvalue weighted by Crippen LogP contribution is -2.13. The Kier molecular flexibility index (Phi) is 5.44. The summed E-state index contributed by atoms with van der Waals surface area (Å²) in [6.45, 7) is 6.98. The third kappa shape index (κ3) is 3.88. The van der Waals surface area contributed by atoms with Crippen molar-refractivity contribution >= 4 is 18.2 Å². The maximum atomic E-state index is 11.5. The Morgan fingerprint density at radius 3 is 2.50 bits per heavy atom. The maximum Gasteiger partial charge on any atom is 0.290 e. The second-order valence-corrected chi connectivity index (χ2v) is 7.78. The molecule has 2 aromatic heterocycles. The van der Waals surface area contributed by atoms with E-state index in [1.165, 1.54) is 5.56 Å². The van der Waals surface area contributed by atoms with Crippen molar-refractivity contribution in [2.75, 3.05) is 6.54 Å². The molecule has 2 N–H and O–H groups in total. The van der Waals surface area contributed by atoms with E-state index in [0.29, 0.717) is 6.42 Å². The van der Waals surface area contributed by atoms with Crippen molar-refractivity contribution in [2.45, 2.75) is 38.5 Å². The van der Waals surface area contributed by atoms with E-state index in [0.717, 1.165) is 29.3 Å². The molecular formula is C21H24N4O3. The molecule has 1 amide bonds. The van der Waals surface area contributed by atoms with Crippen LogP contribution in [0.4, 0.5) is 0 Å². The van der Waals surface area contributed by atoms with Crippen LogP contribution in [0.2, 0.25) is 0 Å². The zero-order valence-corrected chi connectivity index (χ0v) is 16.2. The largest absolute Gasteiger partial charge is 0.483 e. The van der Waals surface area contributed by atoms with Crippen LogP contribution in [0.25, 0.3) is 17.0 Å². The summed E-state index contributed by atoms with van der Waals surface area (Å²) < 4.78 is 2.05. The van der Waals surface area contributed by atoms with E-state index in [1.54, 1.807) is 6.20 Å². The first-order valence-electron chi connectivity index (χ1n) is 9.13. The molecule has 0 bridgehead atoms. The molecule has 0 saturated carbocycles. The van der Waals surface area contributed by atoms with Crippen molar-refractivity contribution < 1.29 is 14.7 Å². The van der Waals surface area contributed by atoms with Crippen LogP contribution in [-0.2, 0) is 15.0 Å². The van der Waals surface area contributed by atoms with Crippen molar-refractivity contribution in [3.05, 3.63) is 54.0 Å². The molecule has 146 valence electrons. The lowest BCUT2D eigenvalue weighted by molar-refractivity contribution is -0.123. The van der Waals surface area contributed by atoms with Crippen LogP contribution in [0, 0.1) is 0 Å². The average Bonchev–Trinajstić information content (AvgIpc) is 3.26. The van der Waals surface area contributed by atoms with Crippen LogP contribution in [0.3, 0.4) is 0 Å². The molecule has 1 aromatic carbocycles. The lowest BCUT2D eigenvalue weighted by Gasteiger charge is -2.18. The number of nitrogens with one attached hydrogen (secondary N) is 1. The quantitative estimate of drug-likeness (QED) is 0.666. The first-order valence-corrected chi connectivity index (χ1v) is 9.13. The Balaban J connectivity index is 0.000000706. The standard InChI is InChI=1S/C20H22N4O.CH2O2/c1-20(2,3)18-17(24-10-4-9-21-19(24)23-18)14-7-5-13(6-8-14)15-11-16(25)22-12-15;2-1-3/h4-10,15H,11-12H2,1-3H3,(H,22,25);1H,(H,2,3). The third-order valence-corrected chi connectivity index (χ3v) is 4.75. The smallest absolute Gasteiger partial charge is 0.290 e. The van der Waals surface area contributed by atoms with Crippen LogP contribution >= 0.6 is 0 Å². The van der Waals surface area contributed by atoms with Gasteiger partial charge in [0.1, 0.15) is 0 Å². The van der Waals surface area contributed by atoms with Crippen LogP contribution in [-0.4, -0.2) is 38.4 Å². The highest BCUT2D eigenvalue weighted by Crippen LogP contribution is 2.34. The summed E-state index contributed by atoms with van der Waals surface area (Å²) in [5, 5.41) is 9.79. The second-order valence-electron chi connectivity index (χ2n) is 7.78. The van der Waals surface area contributed by atoms with Gasteiger partial charge in [-0.3, -0.25) is 14.0 Å². The van der Waals surface area contributed by atoms with Gasteiger partial charge >= 0.3 is 0 Å². The fourth-order valence-electron chi connectivity index (χ4n) is 3.44. The molecule has 7 heteroatoms. The minimum absolute atomic E-state index is 0.0799. The number of rotatable bonds is 2. The van der Waals surface area contributed by atoms with E-state index in [4.69, 9.17) is 14.9 Å². The van der Waals surface area contributed by atoms with Gasteiger partial charge in [-0.2, -0.15) is 0 Å². The van der Waals surface area contributed by atoms with Gasteiger partial charge in [-0.15, -0.1) is 0 Å². The summed E-state index contributed by atoms with van der Waals surface area (Å²) in [4.78, 5) is 29.0. The number of imidazole rings is 1. The Labute approximate surface area is 163 Å². The molecule has 28 heavy (non-hydrogen) atoms. The molecule has 3 heterocycles. The van der Waals surface area contributed by atoms with E-state index >= 15 is 0 Å². The maximum absolute atomic E-state index is 11.5. The van der Waals surface area contributed by atoms with Crippen molar-refractivity contribution in [3.8, 4) is 11.3 Å². The Hall–Kier alpha value is -3.22. The van der Waals surface area contributed by atoms with E-state index in [1.807, 2.05) is 12.3 Å². The van der Waals surface area contributed by atoms with Gasteiger partial charge < -0.3 is 10.4 Å². The number of nitrogens with zero attached hydrogens (tertiary/aromatic N) is 3. The van der Waals surface area contributed by atoms with Crippen LogP contribution in [0.15, 0.2) is 42.7 Å². The number of carbonyl (C=O) groups is 2. The van der Waals surface area contributed by atoms with Crippen molar-refractivity contribution in [2.24, 2.45) is 0 Å². The molecule has 1 unspecified atom stereocenters. The Morgan fingerprint density at radius 2 is 1.93 bits per heavy atom. The minimum Gasteiger partial charge on any atom is -0.483 e. The normalized spacial score (nSPS) is 16.4. The van der Waals surface area contributed by atoms with Gasteiger partial charge in [-0.1, -0.05) is 45.0 Å². The van der Waals surface area contributed by atoms with Gasteiger partial charge in [0.05, 0.1) is 11.4 Å². The summed E-state index contributed by atoms with van der Waals surface area (Å²) in [5.74, 6) is 1.13. The Morgan fingerprint density at radius 1 is 1.25 bits per heavy atom. The zero-order chi connectivity index (χ0) is 20.3. The summed E-state index contributed by atoms with van der Waals surface area (Å²) in [6.07, 6.45) is 4.35. The van der Waals surface area contributed by atoms with Crippen molar-refractivity contribution in [1.29, 1.82) is 0 Å². The molecule has 7 nitrogen and oxygen atoms in total. The SMILES string of the molecule is CC(C)(C)c1nc2ncccn2c1-c1ccc(C2CNC(=O)C2)cc1.O=CO. The predicted molar refractivity (Wildman–Crippen MR) is 106 cm³/mol. The molecule has 3 aromatic rings. The van der Waals surface area contributed by atoms with E-state index in [-0.39, 0.29) is 23.7 Å². The van der Waals surface area contributed by atoms with Crippen LogP contribution in [0.5, 0.6) is 0 Å². The molecule has 1 aliphatic rings. The minimum atomic E-state index is -0.250. The number of carboxylic acid groups (broad SMARTS) is 1. The molecule has 0 spiro atoms. The van der Waals surface area contributed by atoms with Gasteiger partial charge in [0.25, 0.3) is 6.47 Å². The van der Waals surface area contributed by atoms with Gasteiger partial charge in [-0.25, -0.2) is 9.97 Å². The monoisotopic (exact) mass is 380 g/mol. The van der Waals surface area contributed by atoms with Crippen LogP contribution in [0.1, 0.15) is 44.4 Å². The number of amides is 1. The summed E-state index contributed by atoms with van der Waals surface area (Å²) >= 11 is 0. The third-order valence-electron chi connectivity index (χ3n) is 4.75. The highest BCUT2D eigenvalue weighted by Gasteiger charge is 2.26. The van der Waals surface area contributed by atoms with Crippen LogP contribution < -0.4 is 5.32 Å². The topological polar surface area (TPSA) is 96.6 Å².